The highest BCUT2D eigenvalue weighted by molar-refractivity contribution is 7.80. The van der Waals surface area contributed by atoms with E-state index in [9.17, 15) is 9.59 Å². The third-order valence-corrected chi connectivity index (χ3v) is 5.73. The van der Waals surface area contributed by atoms with Gasteiger partial charge in [-0.3, -0.25) is 10.1 Å². The average molecular weight is 491 g/mol. The molecule has 2 aromatic rings. The SMILES string of the molecule is CCOc1ccc(C(=O)NC(=S)Nc2cc(C(=O)OC)ccc2N2CCN(C)CC2)cc1Cl. The van der Waals surface area contributed by atoms with Gasteiger partial charge in [0.1, 0.15) is 5.75 Å². The van der Waals surface area contributed by atoms with Crippen LogP contribution in [0, 0.1) is 0 Å². The summed E-state index contributed by atoms with van der Waals surface area (Å²) in [4.78, 5) is 29.2. The summed E-state index contributed by atoms with van der Waals surface area (Å²) in [5, 5.41) is 6.17. The molecule has 1 aliphatic rings. The Kier molecular flexibility index (Phi) is 8.49. The number of benzene rings is 2. The summed E-state index contributed by atoms with van der Waals surface area (Å²) in [7, 11) is 3.41. The van der Waals surface area contributed by atoms with Crippen molar-refractivity contribution < 1.29 is 19.1 Å². The Hall–Kier alpha value is -2.88. The Morgan fingerprint density at radius 3 is 2.42 bits per heavy atom. The monoisotopic (exact) mass is 490 g/mol. The maximum absolute atomic E-state index is 12.7. The van der Waals surface area contributed by atoms with Gasteiger partial charge in [0.25, 0.3) is 5.91 Å². The molecule has 0 bridgehead atoms. The van der Waals surface area contributed by atoms with Gasteiger partial charge in [-0.25, -0.2) is 4.79 Å². The number of amides is 1. The van der Waals surface area contributed by atoms with Crippen molar-refractivity contribution in [2.75, 3.05) is 57.2 Å². The molecule has 1 heterocycles. The lowest BCUT2D eigenvalue weighted by Crippen LogP contribution is -2.45. The largest absolute Gasteiger partial charge is 0.492 e. The molecule has 33 heavy (non-hydrogen) atoms. The predicted octanol–water partition coefficient (Wildman–Crippen LogP) is 3.40. The number of rotatable bonds is 6. The minimum absolute atomic E-state index is 0.0994. The average Bonchev–Trinajstić information content (AvgIpc) is 2.80. The molecule has 0 unspecified atom stereocenters. The fourth-order valence-electron chi connectivity index (χ4n) is 3.45. The number of ether oxygens (including phenoxy) is 2. The quantitative estimate of drug-likeness (QED) is 0.471. The number of piperazine rings is 1. The molecule has 2 N–H and O–H groups in total. The lowest BCUT2D eigenvalue weighted by Gasteiger charge is -2.35. The van der Waals surface area contributed by atoms with Gasteiger partial charge < -0.3 is 24.6 Å². The second-order valence-electron chi connectivity index (χ2n) is 7.50. The summed E-state index contributed by atoms with van der Waals surface area (Å²) in [5.41, 5.74) is 2.22. The molecule has 1 aliphatic heterocycles. The fourth-order valence-corrected chi connectivity index (χ4v) is 3.89. The standard InChI is InChI=1S/C23H27ClN4O4S/c1-4-32-20-8-6-15(13-17(20)24)21(29)26-23(33)25-18-14-16(22(30)31-3)5-7-19(18)28-11-9-27(2)10-12-28/h5-8,13-14H,4,9-12H2,1-3H3,(H2,25,26,29,33). The van der Waals surface area contributed by atoms with Crippen LogP contribution >= 0.6 is 23.8 Å². The first-order valence-electron chi connectivity index (χ1n) is 10.5. The Morgan fingerprint density at radius 1 is 1.09 bits per heavy atom. The van der Waals surface area contributed by atoms with Gasteiger partial charge in [-0.1, -0.05) is 11.6 Å². The zero-order valence-electron chi connectivity index (χ0n) is 18.8. The van der Waals surface area contributed by atoms with Crippen molar-refractivity contribution in [2.24, 2.45) is 0 Å². The van der Waals surface area contributed by atoms with Gasteiger partial charge in [0.15, 0.2) is 5.11 Å². The number of hydrogen-bond acceptors (Lipinski definition) is 7. The second kappa shape index (κ2) is 11.3. The van der Waals surface area contributed by atoms with Crippen LogP contribution in [-0.4, -0.2) is 68.8 Å². The smallest absolute Gasteiger partial charge is 0.337 e. The van der Waals surface area contributed by atoms with Crippen LogP contribution < -0.4 is 20.3 Å². The van der Waals surface area contributed by atoms with Crippen LogP contribution in [0.3, 0.4) is 0 Å². The topological polar surface area (TPSA) is 83.1 Å². The summed E-state index contributed by atoms with van der Waals surface area (Å²) in [5.74, 6) is -0.363. The Bertz CT molecular complexity index is 1040. The van der Waals surface area contributed by atoms with Gasteiger partial charge in [-0.05, 0) is 62.6 Å². The molecule has 3 rings (SSSR count). The van der Waals surface area contributed by atoms with Crippen LogP contribution in [0.25, 0.3) is 0 Å². The highest BCUT2D eigenvalue weighted by atomic mass is 35.5. The number of likely N-dealkylation sites (N-methyl/N-ethyl adjacent to an activating group) is 1. The van der Waals surface area contributed by atoms with E-state index in [-0.39, 0.29) is 5.11 Å². The molecule has 2 aromatic carbocycles. The van der Waals surface area contributed by atoms with E-state index in [1.54, 1.807) is 24.3 Å². The van der Waals surface area contributed by atoms with Gasteiger partial charge in [0.2, 0.25) is 0 Å². The number of halogens is 1. The molecule has 176 valence electrons. The zero-order valence-corrected chi connectivity index (χ0v) is 20.4. The van der Waals surface area contributed by atoms with Gasteiger partial charge >= 0.3 is 5.97 Å². The lowest BCUT2D eigenvalue weighted by molar-refractivity contribution is 0.0600. The van der Waals surface area contributed by atoms with Crippen LogP contribution in [0.4, 0.5) is 11.4 Å². The first-order valence-corrected chi connectivity index (χ1v) is 11.3. The van der Waals surface area contributed by atoms with Crippen LogP contribution in [0.1, 0.15) is 27.6 Å². The van der Waals surface area contributed by atoms with E-state index < -0.39 is 11.9 Å². The molecular formula is C23H27ClN4O4S. The number of hydrogen-bond donors (Lipinski definition) is 2. The number of thiocarbonyl (C=S) groups is 1. The van der Waals surface area contributed by atoms with Crippen molar-refractivity contribution in [2.45, 2.75) is 6.92 Å². The number of esters is 1. The molecule has 10 heteroatoms. The third-order valence-electron chi connectivity index (χ3n) is 5.23. The van der Waals surface area contributed by atoms with Crippen LogP contribution in [-0.2, 0) is 4.74 Å². The minimum Gasteiger partial charge on any atom is -0.492 e. The highest BCUT2D eigenvalue weighted by Gasteiger charge is 2.20. The zero-order chi connectivity index (χ0) is 24.0. The lowest BCUT2D eigenvalue weighted by atomic mass is 10.1. The molecule has 8 nitrogen and oxygen atoms in total. The summed E-state index contributed by atoms with van der Waals surface area (Å²) < 4.78 is 10.2. The Labute approximate surface area is 203 Å². The van der Waals surface area contributed by atoms with E-state index in [1.807, 2.05) is 13.0 Å². The van der Waals surface area contributed by atoms with E-state index in [2.05, 4.69) is 27.5 Å². The molecule has 1 fully saturated rings. The summed E-state index contributed by atoms with van der Waals surface area (Å²) in [6.07, 6.45) is 0. The van der Waals surface area contributed by atoms with Crippen molar-refractivity contribution in [3.63, 3.8) is 0 Å². The molecule has 0 radical (unpaired) electrons. The molecule has 0 spiro atoms. The number of nitrogens with one attached hydrogen (secondary N) is 2. The first-order chi connectivity index (χ1) is 15.8. The van der Waals surface area contributed by atoms with Crippen molar-refractivity contribution in [1.82, 2.24) is 10.2 Å². The molecule has 0 aliphatic carbocycles. The van der Waals surface area contributed by atoms with E-state index in [0.717, 1.165) is 31.9 Å². The van der Waals surface area contributed by atoms with Crippen molar-refractivity contribution in [3.8, 4) is 5.75 Å². The van der Waals surface area contributed by atoms with Crippen molar-refractivity contribution >= 4 is 52.2 Å². The van der Waals surface area contributed by atoms with Gasteiger partial charge in [0.05, 0.1) is 35.7 Å². The number of carbonyl (C=O) groups excluding carboxylic acids is 2. The number of methoxy groups -OCH3 is 1. The fraction of sp³-hybridized carbons (Fsp3) is 0.348. The molecular weight excluding hydrogens is 464 g/mol. The molecule has 1 amide bonds. The Morgan fingerprint density at radius 2 is 1.79 bits per heavy atom. The molecule has 1 saturated heterocycles. The van der Waals surface area contributed by atoms with Crippen molar-refractivity contribution in [1.29, 1.82) is 0 Å². The summed E-state index contributed by atoms with van der Waals surface area (Å²) in [6.45, 7) is 5.81. The maximum atomic E-state index is 12.7. The Balaban J connectivity index is 1.77. The van der Waals surface area contributed by atoms with Gasteiger partial charge in [-0.2, -0.15) is 0 Å². The molecule has 0 aromatic heterocycles. The second-order valence-corrected chi connectivity index (χ2v) is 8.32. The van der Waals surface area contributed by atoms with Crippen molar-refractivity contribution in [3.05, 3.63) is 52.5 Å². The number of nitrogens with zero attached hydrogens (tertiary/aromatic N) is 2. The third kappa shape index (κ3) is 6.34. The van der Waals surface area contributed by atoms with Crippen LogP contribution in [0.15, 0.2) is 36.4 Å². The summed E-state index contributed by atoms with van der Waals surface area (Å²) in [6, 6.07) is 10.0. The van der Waals surface area contributed by atoms with Gasteiger partial charge in [-0.15, -0.1) is 0 Å². The van der Waals surface area contributed by atoms with Gasteiger partial charge in [0, 0.05) is 31.7 Å². The van der Waals surface area contributed by atoms with E-state index in [0.29, 0.717) is 34.2 Å². The van der Waals surface area contributed by atoms with E-state index in [1.165, 1.54) is 13.2 Å². The highest BCUT2D eigenvalue weighted by Crippen LogP contribution is 2.29. The predicted molar refractivity (Wildman–Crippen MR) is 134 cm³/mol. The molecule has 0 atom stereocenters. The van der Waals surface area contributed by atoms with E-state index in [4.69, 9.17) is 33.3 Å². The number of anilines is 2. The molecule has 0 saturated carbocycles. The maximum Gasteiger partial charge on any atom is 0.337 e. The number of carbonyl (C=O) groups is 2. The van der Waals surface area contributed by atoms with E-state index >= 15 is 0 Å². The minimum atomic E-state index is -0.457. The van der Waals surface area contributed by atoms with Crippen LogP contribution in [0.5, 0.6) is 5.75 Å². The first kappa shape index (κ1) is 24.8. The normalized spacial score (nSPS) is 13.9. The van der Waals surface area contributed by atoms with Crippen LogP contribution in [0.2, 0.25) is 5.02 Å². The summed E-state index contributed by atoms with van der Waals surface area (Å²) >= 11 is 11.6.